The highest BCUT2D eigenvalue weighted by Crippen LogP contribution is 2.30. The van der Waals surface area contributed by atoms with Crippen LogP contribution in [0.15, 0.2) is 84.1 Å². The summed E-state index contributed by atoms with van der Waals surface area (Å²) in [6, 6.07) is 25.3. The molecule has 1 atom stereocenters. The molecule has 1 fully saturated rings. The van der Waals surface area contributed by atoms with E-state index >= 15 is 0 Å². The molecule has 1 aliphatic heterocycles. The van der Waals surface area contributed by atoms with Gasteiger partial charge in [-0.15, -0.1) is 0 Å². The monoisotopic (exact) mass is 467 g/mol. The molecule has 3 aromatic carbocycles. The molecule has 2 aliphatic rings. The Morgan fingerprint density at radius 3 is 2.26 bits per heavy atom. The van der Waals surface area contributed by atoms with Gasteiger partial charge in [0, 0.05) is 30.9 Å². The van der Waals surface area contributed by atoms with E-state index in [0.29, 0.717) is 11.6 Å². The van der Waals surface area contributed by atoms with E-state index < -0.39 is 0 Å². The lowest BCUT2D eigenvalue weighted by Crippen LogP contribution is -2.38. The van der Waals surface area contributed by atoms with E-state index in [1.165, 1.54) is 47.2 Å². The molecule has 35 heavy (non-hydrogen) atoms. The van der Waals surface area contributed by atoms with Crippen LogP contribution >= 0.6 is 0 Å². The minimum atomic E-state index is 0.404. The second kappa shape index (κ2) is 12.5. The standard InChI is InChI=1S/C16H23N3.C15H14O/c1-17-10-15(12-6-4-7-12)19-16-11-18-9-13-5-2-3-8-14(13)16;1-2-12-3-7-14(8-4-12)15-9-5-13(11-16)6-10-15/h2-3,5,8,16-19H,4,6-7,9-11H2,1H3;3-11H,2H2,1H3. The molecule has 0 spiro atoms. The van der Waals surface area contributed by atoms with Crippen LogP contribution in [0.25, 0.3) is 11.1 Å². The molecule has 0 amide bonds. The normalized spacial score (nSPS) is 16.3. The number of hydrogen-bond acceptors (Lipinski definition) is 4. The average Bonchev–Trinajstić information content (AvgIpc) is 2.88. The molecule has 3 aromatic rings. The highest BCUT2D eigenvalue weighted by Gasteiger charge is 2.22. The summed E-state index contributed by atoms with van der Waals surface area (Å²) < 4.78 is 0. The first-order valence-electron chi connectivity index (χ1n) is 12.8. The summed E-state index contributed by atoms with van der Waals surface area (Å²) in [5, 5.41) is 10.6. The van der Waals surface area contributed by atoms with Gasteiger partial charge in [0.25, 0.3) is 0 Å². The van der Waals surface area contributed by atoms with Gasteiger partial charge in [-0.3, -0.25) is 4.79 Å². The second-order valence-electron chi connectivity index (χ2n) is 9.28. The molecule has 4 heteroatoms. The van der Waals surface area contributed by atoms with Gasteiger partial charge in [0.05, 0.1) is 6.04 Å². The lowest BCUT2D eigenvalue weighted by Gasteiger charge is -2.31. The zero-order valence-electron chi connectivity index (χ0n) is 20.9. The number of carbonyl (C=O) groups excluding carboxylic acids is 1. The van der Waals surface area contributed by atoms with Crippen molar-refractivity contribution in [3.63, 3.8) is 0 Å². The van der Waals surface area contributed by atoms with Gasteiger partial charge in [0.15, 0.2) is 0 Å². The summed E-state index contributed by atoms with van der Waals surface area (Å²) in [6.07, 6.45) is 5.82. The number of aldehydes is 1. The van der Waals surface area contributed by atoms with Gasteiger partial charge in [0.1, 0.15) is 6.29 Å². The van der Waals surface area contributed by atoms with Gasteiger partial charge in [-0.1, -0.05) is 79.7 Å². The first-order chi connectivity index (χ1) is 17.2. The lowest BCUT2D eigenvalue weighted by molar-refractivity contribution is 0.112. The fourth-order valence-electron chi connectivity index (χ4n) is 4.63. The van der Waals surface area contributed by atoms with Crippen molar-refractivity contribution >= 4 is 6.29 Å². The largest absolute Gasteiger partial charge is 0.379 e. The van der Waals surface area contributed by atoms with Crippen LogP contribution in [0.2, 0.25) is 0 Å². The third-order valence-corrected chi connectivity index (χ3v) is 6.92. The molecule has 5 rings (SSSR count). The Balaban J connectivity index is 0.000000168. The van der Waals surface area contributed by atoms with Gasteiger partial charge in [-0.25, -0.2) is 0 Å². The molecule has 4 nitrogen and oxygen atoms in total. The number of carbonyl (C=O) groups is 1. The molecule has 1 aliphatic carbocycles. The van der Waals surface area contributed by atoms with Crippen LogP contribution in [0.5, 0.6) is 0 Å². The third kappa shape index (κ3) is 6.47. The van der Waals surface area contributed by atoms with Crippen molar-refractivity contribution in [3.05, 3.63) is 106 Å². The topological polar surface area (TPSA) is 53.2 Å². The number of fused-ring (bicyclic) bond motifs is 1. The predicted octanol–water partition coefficient (Wildman–Crippen LogP) is 5.81. The minimum Gasteiger partial charge on any atom is -0.379 e. The summed E-state index contributed by atoms with van der Waals surface area (Å²) in [5.74, 6) is 0. The van der Waals surface area contributed by atoms with Crippen LogP contribution in [-0.2, 0) is 13.0 Å². The zero-order valence-corrected chi connectivity index (χ0v) is 20.9. The van der Waals surface area contributed by atoms with Crippen LogP contribution in [0, 0.1) is 0 Å². The summed E-state index contributed by atoms with van der Waals surface area (Å²) in [5.41, 5.74) is 10.3. The average molecular weight is 468 g/mol. The number of benzene rings is 3. The molecule has 1 unspecified atom stereocenters. The van der Waals surface area contributed by atoms with Crippen molar-refractivity contribution in [1.82, 2.24) is 16.0 Å². The lowest BCUT2D eigenvalue weighted by atomic mass is 9.89. The Kier molecular flexibility index (Phi) is 8.88. The molecular formula is C31H37N3O. The fraction of sp³-hybridized carbons (Fsp3) is 0.323. The van der Waals surface area contributed by atoms with E-state index in [1.54, 1.807) is 5.57 Å². The van der Waals surface area contributed by atoms with Gasteiger partial charge in [-0.2, -0.15) is 0 Å². The van der Waals surface area contributed by atoms with Crippen molar-refractivity contribution in [2.75, 3.05) is 20.1 Å². The van der Waals surface area contributed by atoms with Crippen LogP contribution in [0.3, 0.4) is 0 Å². The number of nitrogens with one attached hydrogen (secondary N) is 3. The highest BCUT2D eigenvalue weighted by atomic mass is 16.1. The zero-order chi connectivity index (χ0) is 24.5. The fourth-order valence-corrected chi connectivity index (χ4v) is 4.63. The van der Waals surface area contributed by atoms with E-state index in [0.717, 1.165) is 37.9 Å². The molecule has 1 saturated carbocycles. The summed E-state index contributed by atoms with van der Waals surface area (Å²) in [7, 11) is 2.02. The molecule has 0 radical (unpaired) electrons. The molecule has 0 aromatic heterocycles. The maximum Gasteiger partial charge on any atom is 0.150 e. The van der Waals surface area contributed by atoms with E-state index in [1.807, 2.05) is 31.3 Å². The number of rotatable bonds is 7. The van der Waals surface area contributed by atoms with Crippen molar-refractivity contribution in [2.45, 2.75) is 45.2 Å². The van der Waals surface area contributed by atoms with Crippen LogP contribution < -0.4 is 16.0 Å². The Morgan fingerprint density at radius 2 is 1.66 bits per heavy atom. The van der Waals surface area contributed by atoms with Gasteiger partial charge in [-0.05, 0) is 66.1 Å². The van der Waals surface area contributed by atoms with Crippen molar-refractivity contribution in [1.29, 1.82) is 0 Å². The molecule has 182 valence electrons. The number of allylic oxidation sites excluding steroid dienone is 1. The second-order valence-corrected chi connectivity index (χ2v) is 9.28. The number of likely N-dealkylation sites (N-methyl/N-ethyl adjacent to an activating group) is 1. The SMILES string of the molecule is CCc1ccc(-c2ccc(C=O)cc2)cc1.CNCC(NC1CNCc2ccccc21)=C1CCC1. The van der Waals surface area contributed by atoms with Crippen molar-refractivity contribution in [2.24, 2.45) is 0 Å². The van der Waals surface area contributed by atoms with Gasteiger partial charge in [0.2, 0.25) is 0 Å². The van der Waals surface area contributed by atoms with Gasteiger partial charge >= 0.3 is 0 Å². The summed E-state index contributed by atoms with van der Waals surface area (Å²) in [4.78, 5) is 10.5. The Labute approximate surface area is 209 Å². The first-order valence-corrected chi connectivity index (χ1v) is 12.8. The molecule has 1 heterocycles. The van der Waals surface area contributed by atoms with E-state index in [2.05, 4.69) is 71.4 Å². The van der Waals surface area contributed by atoms with E-state index in [-0.39, 0.29) is 0 Å². The maximum atomic E-state index is 10.5. The smallest absolute Gasteiger partial charge is 0.150 e. The van der Waals surface area contributed by atoms with Crippen LogP contribution in [0.1, 0.15) is 59.3 Å². The van der Waals surface area contributed by atoms with E-state index in [4.69, 9.17) is 0 Å². The van der Waals surface area contributed by atoms with Crippen LogP contribution in [-0.4, -0.2) is 26.4 Å². The molecular weight excluding hydrogens is 430 g/mol. The van der Waals surface area contributed by atoms with Gasteiger partial charge < -0.3 is 16.0 Å². The third-order valence-electron chi connectivity index (χ3n) is 6.92. The number of aryl methyl sites for hydroxylation is 1. The Hall–Kier alpha value is -3.21. The first kappa shape index (κ1) is 24.9. The summed E-state index contributed by atoms with van der Waals surface area (Å²) >= 11 is 0. The van der Waals surface area contributed by atoms with Crippen molar-refractivity contribution in [3.8, 4) is 11.1 Å². The quantitative estimate of drug-likeness (QED) is 0.384. The maximum absolute atomic E-state index is 10.5. The molecule has 0 saturated heterocycles. The van der Waals surface area contributed by atoms with E-state index in [9.17, 15) is 4.79 Å². The highest BCUT2D eigenvalue weighted by molar-refractivity contribution is 5.76. The predicted molar refractivity (Wildman–Crippen MR) is 145 cm³/mol. The number of hydrogen-bond donors (Lipinski definition) is 3. The van der Waals surface area contributed by atoms with Crippen molar-refractivity contribution < 1.29 is 4.79 Å². The molecule has 3 N–H and O–H groups in total. The Bertz CT molecular complexity index is 1130. The minimum absolute atomic E-state index is 0.404. The van der Waals surface area contributed by atoms with Crippen LogP contribution in [0.4, 0.5) is 0 Å². The molecule has 0 bridgehead atoms. The Morgan fingerprint density at radius 1 is 0.971 bits per heavy atom. The summed E-state index contributed by atoms with van der Waals surface area (Å²) in [6.45, 7) is 5.10.